The van der Waals surface area contributed by atoms with Gasteiger partial charge < -0.3 is 30.9 Å². The van der Waals surface area contributed by atoms with E-state index in [4.69, 9.17) is 5.73 Å². The van der Waals surface area contributed by atoms with Crippen LogP contribution in [-0.4, -0.2) is 125 Å². The molecule has 9 rings (SSSR count). The molecule has 0 saturated carbocycles. The van der Waals surface area contributed by atoms with E-state index in [0.29, 0.717) is 54.5 Å². The molecule has 0 radical (unpaired) electrons. The molecule has 5 aliphatic heterocycles. The topological polar surface area (TPSA) is 163 Å². The minimum absolute atomic E-state index is 0.172. The van der Waals surface area contributed by atoms with E-state index in [1.54, 1.807) is 12.1 Å². The highest BCUT2D eigenvalue weighted by atomic mass is 16.3. The van der Waals surface area contributed by atoms with Gasteiger partial charge in [0.05, 0.1) is 17.9 Å². The first-order chi connectivity index (χ1) is 28.7. The van der Waals surface area contributed by atoms with Crippen molar-refractivity contribution in [1.29, 1.82) is 0 Å². The van der Waals surface area contributed by atoms with E-state index in [2.05, 4.69) is 76.8 Å². The lowest BCUT2D eigenvalue weighted by molar-refractivity contribution is -0.135. The van der Waals surface area contributed by atoms with Crippen LogP contribution in [0.25, 0.3) is 11.3 Å². The number of carbonyl (C=O) groups excluding carboxylic acids is 3. The molecule has 3 amide bonds. The zero-order chi connectivity index (χ0) is 40.5. The third-order valence-electron chi connectivity index (χ3n) is 13.1. The fourth-order valence-corrected chi connectivity index (χ4v) is 9.82. The van der Waals surface area contributed by atoms with Crippen LogP contribution in [0.5, 0.6) is 5.75 Å². The number of nitrogens with one attached hydrogen (secondary N) is 2. The lowest BCUT2D eigenvalue weighted by Gasteiger charge is -2.43. The monoisotopic (exact) mass is 798 g/mol. The molecule has 6 heterocycles. The Morgan fingerprint density at radius 1 is 0.814 bits per heavy atom. The smallest absolute Gasteiger partial charge is 0.249 e. The van der Waals surface area contributed by atoms with E-state index in [1.165, 1.54) is 16.8 Å². The van der Waals surface area contributed by atoms with Gasteiger partial charge in [0.2, 0.25) is 17.7 Å². The quantitative estimate of drug-likeness (QED) is 0.171. The van der Waals surface area contributed by atoms with Crippen LogP contribution in [0.3, 0.4) is 0 Å². The summed E-state index contributed by atoms with van der Waals surface area (Å²) in [6, 6.07) is 26.8. The predicted octanol–water partition coefficient (Wildman–Crippen LogP) is 4.03. The van der Waals surface area contributed by atoms with Crippen LogP contribution in [0, 0.1) is 0 Å². The van der Waals surface area contributed by atoms with Crippen LogP contribution < -0.4 is 26.2 Å². The van der Waals surface area contributed by atoms with Gasteiger partial charge >= 0.3 is 0 Å². The first-order valence-corrected chi connectivity index (χ1v) is 21.2. The summed E-state index contributed by atoms with van der Waals surface area (Å²) in [5.41, 5.74) is 13.2. The molecule has 2 bridgehead atoms. The maximum absolute atomic E-state index is 13.4. The van der Waals surface area contributed by atoms with Crippen molar-refractivity contribution in [3.05, 3.63) is 90.0 Å². The van der Waals surface area contributed by atoms with E-state index in [-0.39, 0.29) is 29.5 Å². The molecule has 3 aromatic carbocycles. The Labute approximate surface area is 345 Å². The van der Waals surface area contributed by atoms with Gasteiger partial charge in [0.1, 0.15) is 11.8 Å². The van der Waals surface area contributed by atoms with E-state index in [1.807, 2.05) is 35.2 Å². The van der Waals surface area contributed by atoms with Gasteiger partial charge in [0.25, 0.3) is 0 Å². The first kappa shape index (κ1) is 38.8. The summed E-state index contributed by atoms with van der Waals surface area (Å²) in [5.74, 6) is 0.776. The van der Waals surface area contributed by atoms with Crippen molar-refractivity contribution < 1.29 is 19.5 Å². The van der Waals surface area contributed by atoms with Crippen LogP contribution in [-0.2, 0) is 20.9 Å². The Morgan fingerprint density at radius 2 is 1.56 bits per heavy atom. The molecule has 14 heteroatoms. The number of phenols is 1. The van der Waals surface area contributed by atoms with Crippen LogP contribution in [0.4, 0.5) is 22.9 Å². The third kappa shape index (κ3) is 8.55. The number of carbonyl (C=O) groups is 3. The van der Waals surface area contributed by atoms with Gasteiger partial charge in [-0.1, -0.05) is 36.4 Å². The summed E-state index contributed by atoms with van der Waals surface area (Å²) in [4.78, 5) is 48.8. The van der Waals surface area contributed by atoms with Gasteiger partial charge in [0, 0.05) is 81.3 Å². The second-order valence-corrected chi connectivity index (χ2v) is 16.9. The average molecular weight is 799 g/mol. The summed E-state index contributed by atoms with van der Waals surface area (Å²) in [5, 5.41) is 24.7. The number of para-hydroxylation sites is 1. The van der Waals surface area contributed by atoms with Gasteiger partial charge in [-0.2, -0.15) is 0 Å². The highest BCUT2D eigenvalue weighted by Gasteiger charge is 2.41. The van der Waals surface area contributed by atoms with Crippen molar-refractivity contribution in [2.45, 2.75) is 69.1 Å². The second-order valence-electron chi connectivity index (χ2n) is 16.9. The number of phenolic OH excluding ortho intramolecular Hbond substituents is 1. The van der Waals surface area contributed by atoms with Crippen LogP contribution in [0.15, 0.2) is 78.9 Å². The van der Waals surface area contributed by atoms with Crippen LogP contribution in [0.1, 0.15) is 55.6 Å². The lowest BCUT2D eigenvalue weighted by atomic mass is 9.89. The Kier molecular flexibility index (Phi) is 11.1. The SMILES string of the molecule is Nc1nnc(-c2ccccc2O)cc1N1CC2CCC(C1)N2c1cccc(CN2CCN(C(=O)CN3CCC(c4ccc(NC5CCC(=O)NC5=O)cc4)CC3)CC2)c1. The summed E-state index contributed by atoms with van der Waals surface area (Å²) < 4.78 is 0. The molecule has 5 saturated heterocycles. The molecule has 3 unspecified atom stereocenters. The van der Waals surface area contributed by atoms with Gasteiger partial charge in [0.15, 0.2) is 5.82 Å². The minimum Gasteiger partial charge on any atom is -0.507 e. The summed E-state index contributed by atoms with van der Waals surface area (Å²) >= 11 is 0. The van der Waals surface area contributed by atoms with E-state index < -0.39 is 0 Å². The van der Waals surface area contributed by atoms with Gasteiger partial charge in [-0.05, 0) is 105 Å². The molecule has 0 aliphatic carbocycles. The number of likely N-dealkylation sites (tertiary alicyclic amines) is 1. The number of hydrogen-bond acceptors (Lipinski definition) is 12. The number of nitrogen functional groups attached to an aromatic ring is 1. The molecule has 4 aromatic rings. The zero-order valence-electron chi connectivity index (χ0n) is 33.5. The number of aromatic nitrogens is 2. The maximum atomic E-state index is 13.4. The van der Waals surface area contributed by atoms with Crippen LogP contribution >= 0.6 is 0 Å². The normalized spacial score (nSPS) is 23.1. The van der Waals surface area contributed by atoms with Gasteiger partial charge in [-0.3, -0.25) is 29.5 Å². The number of hydrogen-bond donors (Lipinski definition) is 4. The van der Waals surface area contributed by atoms with Crippen molar-refractivity contribution in [2.24, 2.45) is 0 Å². The number of amides is 3. The molecule has 5 N–H and O–H groups in total. The van der Waals surface area contributed by atoms with E-state index in [9.17, 15) is 19.5 Å². The zero-order valence-corrected chi connectivity index (χ0v) is 33.5. The third-order valence-corrected chi connectivity index (χ3v) is 13.1. The largest absolute Gasteiger partial charge is 0.507 e. The Hall–Kier alpha value is -5.73. The van der Waals surface area contributed by atoms with Crippen molar-refractivity contribution in [3.63, 3.8) is 0 Å². The molecular formula is C45H54N10O4. The Morgan fingerprint density at radius 3 is 2.29 bits per heavy atom. The molecule has 1 aromatic heterocycles. The number of anilines is 4. The number of nitrogens with zero attached hydrogens (tertiary/aromatic N) is 7. The molecular weight excluding hydrogens is 745 g/mol. The first-order valence-electron chi connectivity index (χ1n) is 21.2. The molecule has 5 fully saturated rings. The standard InChI is InChI=1S/C45H54N10O4/c46-44-40(25-39(49-50-44)37-6-1-2-7-41(37)56)54-27-35-12-13-36(28-54)55(35)34-5-3-4-30(24-34)26-52-20-22-53(23-21-52)43(58)29-51-18-16-32(17-19-51)31-8-10-33(11-9-31)47-38-14-15-42(57)48-45(38)59/h1-11,24-25,32,35-36,38,47,56H,12-23,26-29H2,(H2,46,50)(H,48,57,59). The number of rotatable bonds is 10. The predicted molar refractivity (Wildman–Crippen MR) is 228 cm³/mol. The fraction of sp³-hybridized carbons (Fsp3) is 0.444. The summed E-state index contributed by atoms with van der Waals surface area (Å²) in [6.45, 7) is 8.03. The highest BCUT2D eigenvalue weighted by molar-refractivity contribution is 6.01. The van der Waals surface area contributed by atoms with E-state index >= 15 is 0 Å². The van der Waals surface area contributed by atoms with Gasteiger partial charge in [-0.25, -0.2) is 0 Å². The molecule has 59 heavy (non-hydrogen) atoms. The number of imide groups is 1. The number of aromatic hydroxyl groups is 1. The number of piperidine rings is 2. The Bertz CT molecular complexity index is 2150. The second kappa shape index (κ2) is 16.9. The average Bonchev–Trinajstić information content (AvgIpc) is 3.52. The van der Waals surface area contributed by atoms with Gasteiger partial charge in [-0.15, -0.1) is 10.2 Å². The molecule has 3 atom stereocenters. The molecule has 0 spiro atoms. The molecule has 5 aliphatic rings. The maximum Gasteiger partial charge on any atom is 0.249 e. The number of piperazine rings is 2. The van der Waals surface area contributed by atoms with E-state index in [0.717, 1.165) is 96.0 Å². The Balaban J connectivity index is 0.729. The van der Waals surface area contributed by atoms with Crippen molar-refractivity contribution in [2.75, 3.05) is 79.8 Å². The number of benzene rings is 3. The number of fused-ring (bicyclic) bond motifs is 2. The molecule has 308 valence electrons. The summed E-state index contributed by atoms with van der Waals surface area (Å²) in [6.07, 6.45) is 5.11. The van der Waals surface area contributed by atoms with Crippen molar-refractivity contribution in [3.8, 4) is 17.0 Å². The lowest BCUT2D eigenvalue weighted by Crippen LogP contribution is -2.54. The van der Waals surface area contributed by atoms with Crippen molar-refractivity contribution in [1.82, 2.24) is 30.2 Å². The minimum atomic E-state index is -0.387. The highest BCUT2D eigenvalue weighted by Crippen LogP contribution is 2.39. The fourth-order valence-electron chi connectivity index (χ4n) is 9.82. The molecule has 14 nitrogen and oxygen atoms in total. The summed E-state index contributed by atoms with van der Waals surface area (Å²) in [7, 11) is 0. The number of nitrogens with two attached hydrogens (primary N) is 1. The van der Waals surface area contributed by atoms with Crippen LogP contribution in [0.2, 0.25) is 0 Å². The van der Waals surface area contributed by atoms with Crippen molar-refractivity contribution >= 4 is 40.6 Å².